The maximum absolute atomic E-state index is 8.37. The maximum Gasteiger partial charge on any atom is 0.158 e. The van der Waals surface area contributed by atoms with Crippen LogP contribution in [0.3, 0.4) is 0 Å². The summed E-state index contributed by atoms with van der Waals surface area (Å²) >= 11 is 1.25. The van der Waals surface area contributed by atoms with Crippen LogP contribution in [0, 0.1) is 16.7 Å². The van der Waals surface area contributed by atoms with Gasteiger partial charge in [-0.15, -0.1) is 0 Å². The van der Waals surface area contributed by atoms with E-state index in [2.05, 4.69) is 26.4 Å². The molecule has 3 heterocycles. The normalized spacial score (nSPS) is 17.1. The summed E-state index contributed by atoms with van der Waals surface area (Å²) < 4.78 is 1.84. The number of thioether (sulfide) groups is 1. The third kappa shape index (κ3) is 3.96. The molecule has 1 aliphatic carbocycles. The number of nitrogens with two attached hydrogens (primary N) is 1. The summed E-state index contributed by atoms with van der Waals surface area (Å²) in [5, 5.41) is 25.2. The van der Waals surface area contributed by atoms with Crippen molar-refractivity contribution in [1.82, 2.24) is 19.5 Å². The van der Waals surface area contributed by atoms with Crippen LogP contribution >= 0.6 is 11.8 Å². The lowest BCUT2D eigenvalue weighted by molar-refractivity contribution is 0.143. The first-order valence-corrected chi connectivity index (χ1v) is 10.9. The first-order valence-electron chi connectivity index (χ1n) is 10.1. The second kappa shape index (κ2) is 7.82. The molecule has 1 aromatic carbocycles. The van der Waals surface area contributed by atoms with Crippen LogP contribution in [0.25, 0.3) is 5.52 Å². The molecule has 3 aromatic rings. The van der Waals surface area contributed by atoms with Crippen molar-refractivity contribution in [3.05, 3.63) is 54.0 Å². The highest BCUT2D eigenvalue weighted by atomic mass is 32.2. The number of nitrogens with one attached hydrogen (secondary N) is 3. The minimum absolute atomic E-state index is 0.269. The van der Waals surface area contributed by atoms with E-state index in [9.17, 15) is 0 Å². The molecule has 154 valence electrons. The van der Waals surface area contributed by atoms with Crippen LogP contribution in [-0.4, -0.2) is 48.7 Å². The standard InChI is InChI=1S/C21H24N8S/c22-16-10-28(11-16)9-15-6-7-29-18(15)21(25-12-26-29)27-17-3-1-2-14(8-17)20(24)30-19(23)13-4-5-13/h1-3,6-8,12-13,16,23-24H,4-5,9-11,22H2,(H,25,26,27). The number of aromatic nitrogens is 3. The van der Waals surface area contributed by atoms with Crippen molar-refractivity contribution in [2.45, 2.75) is 25.4 Å². The zero-order chi connectivity index (χ0) is 20.7. The van der Waals surface area contributed by atoms with E-state index in [1.807, 2.05) is 35.0 Å². The van der Waals surface area contributed by atoms with E-state index in [1.54, 1.807) is 0 Å². The summed E-state index contributed by atoms with van der Waals surface area (Å²) in [6.07, 6.45) is 5.64. The number of anilines is 2. The molecule has 1 saturated heterocycles. The molecule has 8 nitrogen and oxygen atoms in total. The molecule has 30 heavy (non-hydrogen) atoms. The molecule has 1 saturated carbocycles. The SMILES string of the molecule is N=C(SC(=N)C1CC1)c1cccc(Nc2ncnn3ccc(CN4CC(N)C4)c23)c1. The van der Waals surface area contributed by atoms with Crippen LogP contribution in [-0.2, 0) is 6.54 Å². The minimum Gasteiger partial charge on any atom is -0.338 e. The Morgan fingerprint density at radius 3 is 2.83 bits per heavy atom. The summed E-state index contributed by atoms with van der Waals surface area (Å²) in [5.74, 6) is 1.09. The van der Waals surface area contributed by atoms with E-state index >= 15 is 0 Å². The fourth-order valence-electron chi connectivity index (χ4n) is 3.69. The van der Waals surface area contributed by atoms with E-state index in [4.69, 9.17) is 16.6 Å². The van der Waals surface area contributed by atoms with E-state index in [0.29, 0.717) is 16.0 Å². The molecular weight excluding hydrogens is 396 g/mol. The van der Waals surface area contributed by atoms with Gasteiger partial charge < -0.3 is 11.1 Å². The van der Waals surface area contributed by atoms with Crippen LogP contribution in [0.1, 0.15) is 24.0 Å². The Labute approximate surface area is 178 Å². The summed E-state index contributed by atoms with van der Waals surface area (Å²) in [6, 6.07) is 10.1. The van der Waals surface area contributed by atoms with Gasteiger partial charge in [0.15, 0.2) is 5.82 Å². The zero-order valence-corrected chi connectivity index (χ0v) is 17.3. The van der Waals surface area contributed by atoms with Gasteiger partial charge in [0, 0.05) is 49.0 Å². The Kier molecular flexibility index (Phi) is 5.01. The fourth-order valence-corrected chi connectivity index (χ4v) is 4.56. The number of fused-ring (bicyclic) bond motifs is 1. The molecule has 0 bridgehead atoms. The Bertz CT molecular complexity index is 1110. The smallest absolute Gasteiger partial charge is 0.158 e. The minimum atomic E-state index is 0.269. The highest BCUT2D eigenvalue weighted by Gasteiger charge is 2.28. The average molecular weight is 421 g/mol. The van der Waals surface area contributed by atoms with E-state index in [0.717, 1.165) is 60.6 Å². The monoisotopic (exact) mass is 420 g/mol. The quantitative estimate of drug-likeness (QED) is 0.359. The maximum atomic E-state index is 8.37. The van der Waals surface area contributed by atoms with Gasteiger partial charge >= 0.3 is 0 Å². The molecule has 5 N–H and O–H groups in total. The Hall–Kier alpha value is -2.75. The van der Waals surface area contributed by atoms with Crippen molar-refractivity contribution in [3.8, 4) is 0 Å². The molecule has 0 spiro atoms. The number of hydrogen-bond acceptors (Lipinski definition) is 8. The van der Waals surface area contributed by atoms with E-state index in [-0.39, 0.29) is 6.04 Å². The molecule has 1 aliphatic heterocycles. The molecule has 2 fully saturated rings. The topological polar surface area (TPSA) is 119 Å². The first kappa shape index (κ1) is 19.2. The highest BCUT2D eigenvalue weighted by molar-refractivity contribution is 8.26. The lowest BCUT2D eigenvalue weighted by Crippen LogP contribution is -2.54. The van der Waals surface area contributed by atoms with Gasteiger partial charge in [-0.1, -0.05) is 23.9 Å². The molecule has 0 radical (unpaired) electrons. The van der Waals surface area contributed by atoms with E-state index < -0.39 is 0 Å². The van der Waals surface area contributed by atoms with Crippen LogP contribution < -0.4 is 11.1 Å². The molecule has 5 rings (SSSR count). The lowest BCUT2D eigenvalue weighted by atomic mass is 10.1. The summed E-state index contributed by atoms with van der Waals surface area (Å²) in [4.78, 5) is 6.79. The Balaban J connectivity index is 1.37. The lowest BCUT2D eigenvalue weighted by Gasteiger charge is -2.36. The number of rotatable bonds is 6. The predicted octanol–water partition coefficient (Wildman–Crippen LogP) is 3.06. The second-order valence-electron chi connectivity index (χ2n) is 7.97. The van der Waals surface area contributed by atoms with Gasteiger partial charge in [0.1, 0.15) is 16.9 Å². The summed E-state index contributed by atoms with van der Waals surface area (Å²) in [5.41, 5.74) is 9.67. The van der Waals surface area contributed by atoms with Gasteiger partial charge in [0.2, 0.25) is 0 Å². The van der Waals surface area contributed by atoms with Gasteiger partial charge in [0.05, 0.1) is 5.04 Å². The third-order valence-electron chi connectivity index (χ3n) is 5.46. The Morgan fingerprint density at radius 1 is 1.23 bits per heavy atom. The van der Waals surface area contributed by atoms with Gasteiger partial charge in [-0.25, -0.2) is 9.50 Å². The molecular formula is C21H24N8S. The predicted molar refractivity (Wildman–Crippen MR) is 121 cm³/mol. The van der Waals surface area contributed by atoms with Crippen LogP contribution in [0.4, 0.5) is 11.5 Å². The number of benzene rings is 1. The third-order valence-corrected chi connectivity index (χ3v) is 6.46. The van der Waals surface area contributed by atoms with Crippen molar-refractivity contribution < 1.29 is 0 Å². The second-order valence-corrected chi connectivity index (χ2v) is 9.02. The molecule has 2 aromatic heterocycles. The first-order chi connectivity index (χ1) is 14.6. The molecule has 9 heteroatoms. The van der Waals surface area contributed by atoms with Crippen molar-refractivity contribution in [3.63, 3.8) is 0 Å². The molecule has 2 aliphatic rings. The van der Waals surface area contributed by atoms with Gasteiger partial charge in [-0.05, 0) is 36.6 Å². The molecule has 0 unspecified atom stereocenters. The van der Waals surface area contributed by atoms with Crippen molar-refractivity contribution in [2.75, 3.05) is 18.4 Å². The van der Waals surface area contributed by atoms with Crippen molar-refractivity contribution in [2.24, 2.45) is 11.7 Å². The van der Waals surface area contributed by atoms with Gasteiger partial charge in [-0.3, -0.25) is 15.7 Å². The number of nitrogens with zero attached hydrogens (tertiary/aromatic N) is 4. The van der Waals surface area contributed by atoms with E-state index in [1.165, 1.54) is 18.1 Å². The fraction of sp³-hybridized carbons (Fsp3) is 0.333. The Morgan fingerprint density at radius 2 is 2.07 bits per heavy atom. The average Bonchev–Trinajstić information content (AvgIpc) is 3.49. The van der Waals surface area contributed by atoms with Crippen molar-refractivity contribution >= 4 is 38.9 Å². The molecule has 0 atom stereocenters. The van der Waals surface area contributed by atoms with Gasteiger partial charge in [0.25, 0.3) is 0 Å². The van der Waals surface area contributed by atoms with Crippen LogP contribution in [0.2, 0.25) is 0 Å². The summed E-state index contributed by atoms with van der Waals surface area (Å²) in [7, 11) is 0. The van der Waals surface area contributed by atoms with Crippen LogP contribution in [0.15, 0.2) is 42.9 Å². The van der Waals surface area contributed by atoms with Crippen molar-refractivity contribution in [1.29, 1.82) is 10.8 Å². The van der Waals surface area contributed by atoms with Gasteiger partial charge in [-0.2, -0.15) is 5.10 Å². The number of hydrogen-bond donors (Lipinski definition) is 4. The van der Waals surface area contributed by atoms with Crippen LogP contribution in [0.5, 0.6) is 0 Å². The molecule has 0 amide bonds. The highest BCUT2D eigenvalue weighted by Crippen LogP contribution is 2.35. The largest absolute Gasteiger partial charge is 0.338 e. The number of likely N-dealkylation sites (tertiary alicyclic amines) is 1. The zero-order valence-electron chi connectivity index (χ0n) is 16.5. The summed E-state index contributed by atoms with van der Waals surface area (Å²) in [6.45, 7) is 2.63.